The van der Waals surface area contributed by atoms with Gasteiger partial charge in [-0.1, -0.05) is 11.6 Å². The molecule has 0 aliphatic carbocycles. The number of halogens is 1. The molecular formula is C25H25ClN4O2. The zero-order valence-electron chi connectivity index (χ0n) is 18.1. The molecular weight excluding hydrogens is 424 g/mol. The van der Waals surface area contributed by atoms with E-state index in [1.807, 2.05) is 54.7 Å². The van der Waals surface area contributed by atoms with Gasteiger partial charge in [0.15, 0.2) is 0 Å². The topological polar surface area (TPSA) is 69.2 Å². The Balaban J connectivity index is 1.36. The zero-order chi connectivity index (χ0) is 22.3. The van der Waals surface area contributed by atoms with Crippen LogP contribution in [0.1, 0.15) is 23.5 Å². The predicted molar refractivity (Wildman–Crippen MR) is 128 cm³/mol. The molecule has 0 aliphatic rings. The first-order valence-electron chi connectivity index (χ1n) is 10.5. The van der Waals surface area contributed by atoms with Crippen molar-refractivity contribution in [2.45, 2.75) is 19.3 Å². The SMILES string of the molecule is COc1cc(Cc2ccnc(CCCNc3ccnc4cc(Cl)ccc34)n2)cc(OC)c1. The molecule has 0 saturated heterocycles. The minimum Gasteiger partial charge on any atom is -0.497 e. The highest BCUT2D eigenvalue weighted by Crippen LogP contribution is 2.25. The molecule has 32 heavy (non-hydrogen) atoms. The molecule has 2 heterocycles. The minimum absolute atomic E-state index is 0.687. The van der Waals surface area contributed by atoms with Crippen molar-refractivity contribution in [2.24, 2.45) is 0 Å². The normalized spacial score (nSPS) is 10.8. The Labute approximate surface area is 192 Å². The van der Waals surface area contributed by atoms with Crippen molar-refractivity contribution < 1.29 is 9.47 Å². The number of rotatable bonds is 9. The lowest BCUT2D eigenvalue weighted by molar-refractivity contribution is 0.393. The number of aryl methyl sites for hydroxylation is 1. The maximum atomic E-state index is 6.07. The number of benzene rings is 2. The van der Waals surface area contributed by atoms with Crippen LogP contribution in [0.3, 0.4) is 0 Å². The molecule has 0 spiro atoms. The summed E-state index contributed by atoms with van der Waals surface area (Å²) in [4.78, 5) is 13.6. The van der Waals surface area contributed by atoms with Gasteiger partial charge >= 0.3 is 0 Å². The molecule has 2 aromatic heterocycles. The summed E-state index contributed by atoms with van der Waals surface area (Å²) in [6.07, 6.45) is 6.00. The van der Waals surface area contributed by atoms with Crippen LogP contribution in [-0.2, 0) is 12.8 Å². The van der Waals surface area contributed by atoms with Gasteiger partial charge in [-0.25, -0.2) is 9.97 Å². The van der Waals surface area contributed by atoms with E-state index in [0.717, 1.165) is 64.6 Å². The van der Waals surface area contributed by atoms with Gasteiger partial charge in [0.05, 0.1) is 19.7 Å². The molecule has 2 aromatic carbocycles. The third kappa shape index (κ3) is 5.45. The molecule has 0 atom stereocenters. The number of aromatic nitrogens is 3. The first-order chi connectivity index (χ1) is 15.6. The molecule has 0 radical (unpaired) electrons. The largest absolute Gasteiger partial charge is 0.497 e. The Morgan fingerprint density at radius 2 is 1.69 bits per heavy atom. The number of methoxy groups -OCH3 is 2. The molecule has 0 unspecified atom stereocenters. The van der Waals surface area contributed by atoms with E-state index in [9.17, 15) is 0 Å². The van der Waals surface area contributed by atoms with Gasteiger partial charge in [-0.05, 0) is 54.4 Å². The van der Waals surface area contributed by atoms with Crippen LogP contribution in [0.4, 0.5) is 5.69 Å². The number of nitrogens with one attached hydrogen (secondary N) is 1. The van der Waals surface area contributed by atoms with Crippen molar-refractivity contribution in [3.63, 3.8) is 0 Å². The fraction of sp³-hybridized carbons (Fsp3) is 0.240. The van der Waals surface area contributed by atoms with Gasteiger partial charge in [0, 0.05) is 59.6 Å². The molecule has 4 aromatic rings. The van der Waals surface area contributed by atoms with Gasteiger partial charge in [-0.2, -0.15) is 0 Å². The Morgan fingerprint density at radius 1 is 0.906 bits per heavy atom. The van der Waals surface area contributed by atoms with Crippen molar-refractivity contribution in [1.29, 1.82) is 0 Å². The van der Waals surface area contributed by atoms with E-state index < -0.39 is 0 Å². The Hall–Kier alpha value is -3.38. The highest BCUT2D eigenvalue weighted by molar-refractivity contribution is 6.31. The molecule has 4 rings (SSSR count). The van der Waals surface area contributed by atoms with Gasteiger partial charge in [0.2, 0.25) is 0 Å². The first kappa shape index (κ1) is 21.8. The zero-order valence-corrected chi connectivity index (χ0v) is 18.9. The van der Waals surface area contributed by atoms with Gasteiger partial charge in [0.1, 0.15) is 17.3 Å². The summed E-state index contributed by atoms with van der Waals surface area (Å²) in [6, 6.07) is 15.5. The van der Waals surface area contributed by atoms with Crippen molar-refractivity contribution in [3.8, 4) is 11.5 Å². The van der Waals surface area contributed by atoms with Crippen LogP contribution in [0.5, 0.6) is 11.5 Å². The van der Waals surface area contributed by atoms with E-state index in [2.05, 4.69) is 15.3 Å². The average molecular weight is 449 g/mol. The Morgan fingerprint density at radius 3 is 2.47 bits per heavy atom. The summed E-state index contributed by atoms with van der Waals surface area (Å²) in [5.41, 5.74) is 3.98. The van der Waals surface area contributed by atoms with Crippen molar-refractivity contribution >= 4 is 28.2 Å². The lowest BCUT2D eigenvalue weighted by atomic mass is 10.1. The fourth-order valence-electron chi connectivity index (χ4n) is 3.58. The van der Waals surface area contributed by atoms with Crippen LogP contribution in [-0.4, -0.2) is 35.7 Å². The molecule has 0 fully saturated rings. The number of nitrogens with zero attached hydrogens (tertiary/aromatic N) is 3. The second-order valence-corrected chi connectivity index (χ2v) is 7.85. The van der Waals surface area contributed by atoms with Gasteiger partial charge in [0.25, 0.3) is 0 Å². The van der Waals surface area contributed by atoms with E-state index in [4.69, 9.17) is 26.1 Å². The van der Waals surface area contributed by atoms with E-state index >= 15 is 0 Å². The van der Waals surface area contributed by atoms with Crippen LogP contribution in [0.2, 0.25) is 5.02 Å². The average Bonchev–Trinajstić information content (AvgIpc) is 2.81. The fourth-order valence-corrected chi connectivity index (χ4v) is 3.75. The summed E-state index contributed by atoms with van der Waals surface area (Å²) in [5, 5.41) is 5.24. The number of hydrogen-bond acceptors (Lipinski definition) is 6. The molecule has 1 N–H and O–H groups in total. The minimum atomic E-state index is 0.687. The highest BCUT2D eigenvalue weighted by atomic mass is 35.5. The Bertz CT molecular complexity index is 1190. The number of fused-ring (bicyclic) bond motifs is 1. The maximum absolute atomic E-state index is 6.07. The molecule has 0 aliphatic heterocycles. The number of pyridine rings is 1. The molecule has 0 saturated carbocycles. The summed E-state index contributed by atoms with van der Waals surface area (Å²) >= 11 is 6.07. The first-order valence-corrected chi connectivity index (χ1v) is 10.8. The van der Waals surface area contributed by atoms with Crippen LogP contribution in [0.15, 0.2) is 60.9 Å². The molecule has 6 nitrogen and oxygen atoms in total. The van der Waals surface area contributed by atoms with Crippen LogP contribution >= 0.6 is 11.6 Å². The molecule has 0 amide bonds. The number of hydrogen-bond donors (Lipinski definition) is 1. The monoisotopic (exact) mass is 448 g/mol. The van der Waals surface area contributed by atoms with E-state index in [-0.39, 0.29) is 0 Å². The third-order valence-electron chi connectivity index (χ3n) is 5.16. The van der Waals surface area contributed by atoms with Crippen molar-refractivity contribution in [2.75, 3.05) is 26.1 Å². The van der Waals surface area contributed by atoms with E-state index in [1.54, 1.807) is 20.4 Å². The maximum Gasteiger partial charge on any atom is 0.128 e. The van der Waals surface area contributed by atoms with E-state index in [1.165, 1.54) is 0 Å². The second kappa shape index (κ2) is 10.3. The van der Waals surface area contributed by atoms with Crippen LogP contribution < -0.4 is 14.8 Å². The number of ether oxygens (including phenoxy) is 2. The van der Waals surface area contributed by atoms with E-state index in [0.29, 0.717) is 11.4 Å². The molecule has 7 heteroatoms. The van der Waals surface area contributed by atoms with Gasteiger partial charge in [-0.3, -0.25) is 4.98 Å². The standard InChI is InChI=1S/C25H25ClN4O2/c1-31-20-13-17(14-21(16-20)32-2)12-19-7-10-29-25(30-19)4-3-9-27-23-8-11-28-24-15-18(26)5-6-22(23)24/h5-8,10-11,13-16H,3-4,9,12H2,1-2H3,(H,27,28). The predicted octanol–water partition coefficient (Wildman–Crippen LogP) is 5.33. The smallest absolute Gasteiger partial charge is 0.128 e. The van der Waals surface area contributed by atoms with Crippen LogP contribution in [0, 0.1) is 0 Å². The summed E-state index contributed by atoms with van der Waals surface area (Å²) in [5.74, 6) is 2.38. The van der Waals surface area contributed by atoms with Gasteiger partial charge < -0.3 is 14.8 Å². The summed E-state index contributed by atoms with van der Waals surface area (Å²) in [6.45, 7) is 0.808. The lowest BCUT2D eigenvalue weighted by Gasteiger charge is -2.10. The quantitative estimate of drug-likeness (QED) is 0.349. The second-order valence-electron chi connectivity index (χ2n) is 7.41. The van der Waals surface area contributed by atoms with Crippen molar-refractivity contribution in [3.05, 3.63) is 83.0 Å². The number of anilines is 1. The lowest BCUT2D eigenvalue weighted by Crippen LogP contribution is -2.06. The Kier molecular flexibility index (Phi) is 7.02. The van der Waals surface area contributed by atoms with Gasteiger partial charge in [-0.15, -0.1) is 0 Å². The summed E-state index contributed by atoms with van der Waals surface area (Å²) in [7, 11) is 3.30. The van der Waals surface area contributed by atoms with Crippen molar-refractivity contribution in [1.82, 2.24) is 15.0 Å². The molecule has 164 valence electrons. The summed E-state index contributed by atoms with van der Waals surface area (Å²) < 4.78 is 10.7. The molecule has 0 bridgehead atoms. The third-order valence-corrected chi connectivity index (χ3v) is 5.39. The van der Waals surface area contributed by atoms with Crippen LogP contribution in [0.25, 0.3) is 10.9 Å². The highest BCUT2D eigenvalue weighted by Gasteiger charge is 2.07.